The third-order valence-corrected chi connectivity index (χ3v) is 7.56. The molecule has 1 atom stereocenters. The van der Waals surface area contributed by atoms with Crippen LogP contribution in [0.4, 0.5) is 11.4 Å². The molecule has 1 fully saturated rings. The number of amides is 1. The highest BCUT2D eigenvalue weighted by Crippen LogP contribution is 2.25. The van der Waals surface area contributed by atoms with Gasteiger partial charge in [-0.1, -0.05) is 54.6 Å². The van der Waals surface area contributed by atoms with Gasteiger partial charge in [0.05, 0.1) is 16.6 Å². The summed E-state index contributed by atoms with van der Waals surface area (Å²) in [5.41, 5.74) is 2.22. The first-order chi connectivity index (χ1) is 15.4. The smallest absolute Gasteiger partial charge is 0.264 e. The summed E-state index contributed by atoms with van der Waals surface area (Å²) in [5, 5.41) is 2.93. The molecule has 1 heterocycles. The molecule has 4 rings (SSSR count). The second-order valence-electron chi connectivity index (χ2n) is 7.94. The maximum atomic E-state index is 13.1. The van der Waals surface area contributed by atoms with Crippen molar-refractivity contribution in [1.82, 2.24) is 4.90 Å². The molecule has 6 nitrogen and oxygen atoms in total. The predicted octanol–water partition coefficient (Wildman–Crippen LogP) is 4.11. The first-order valence-corrected chi connectivity index (χ1v) is 12.1. The number of sulfonamides is 1. The third-order valence-electron chi connectivity index (χ3n) is 5.77. The fraction of sp³-hybridized carbons (Fsp3) is 0.240. The Morgan fingerprint density at radius 2 is 1.69 bits per heavy atom. The Balaban J connectivity index is 1.48. The number of hydrogen-bond donors (Lipinski definition) is 1. The summed E-state index contributed by atoms with van der Waals surface area (Å²) < 4.78 is 27.4. The number of para-hydroxylation sites is 1. The molecule has 1 amide bonds. The van der Waals surface area contributed by atoms with Crippen molar-refractivity contribution in [3.63, 3.8) is 0 Å². The highest BCUT2D eigenvalue weighted by atomic mass is 32.2. The zero-order valence-corrected chi connectivity index (χ0v) is 18.8. The maximum absolute atomic E-state index is 13.1. The van der Waals surface area contributed by atoms with Crippen molar-refractivity contribution in [2.45, 2.75) is 30.3 Å². The molecule has 0 radical (unpaired) electrons. The van der Waals surface area contributed by atoms with Crippen molar-refractivity contribution in [1.29, 1.82) is 0 Å². The molecule has 1 aliphatic rings. The minimum Gasteiger partial charge on any atom is -0.325 e. The number of benzene rings is 3. The molecule has 3 aromatic rings. The highest BCUT2D eigenvalue weighted by molar-refractivity contribution is 7.92. The van der Waals surface area contributed by atoms with Crippen molar-refractivity contribution in [3.8, 4) is 0 Å². The summed E-state index contributed by atoms with van der Waals surface area (Å²) in [7, 11) is -2.23. The Labute approximate surface area is 189 Å². The zero-order valence-electron chi connectivity index (χ0n) is 18.0. The van der Waals surface area contributed by atoms with Crippen LogP contribution in [0.1, 0.15) is 18.4 Å². The Morgan fingerprint density at radius 3 is 2.41 bits per heavy atom. The summed E-state index contributed by atoms with van der Waals surface area (Å²) in [4.78, 5) is 15.3. The van der Waals surface area contributed by atoms with Gasteiger partial charge >= 0.3 is 0 Å². The van der Waals surface area contributed by atoms with E-state index in [2.05, 4.69) is 22.3 Å². The van der Waals surface area contributed by atoms with Gasteiger partial charge in [0, 0.05) is 19.3 Å². The number of anilines is 2. The van der Waals surface area contributed by atoms with Crippen LogP contribution in [-0.2, 0) is 21.4 Å². The van der Waals surface area contributed by atoms with E-state index in [4.69, 9.17) is 0 Å². The van der Waals surface area contributed by atoms with Crippen LogP contribution in [0.15, 0.2) is 89.8 Å². The van der Waals surface area contributed by atoms with E-state index in [1.54, 1.807) is 42.5 Å². The lowest BCUT2D eigenvalue weighted by molar-refractivity contribution is -0.120. The number of nitrogens with one attached hydrogen (secondary N) is 1. The summed E-state index contributed by atoms with van der Waals surface area (Å²) >= 11 is 0. The first kappa shape index (κ1) is 22.0. The van der Waals surface area contributed by atoms with Crippen LogP contribution in [0.3, 0.4) is 0 Å². The van der Waals surface area contributed by atoms with Crippen molar-refractivity contribution >= 4 is 27.3 Å². The molecule has 1 aliphatic heterocycles. The summed E-state index contributed by atoms with van der Waals surface area (Å²) in [6.45, 7) is 1.58. The van der Waals surface area contributed by atoms with Gasteiger partial charge in [0.1, 0.15) is 0 Å². The molecule has 0 saturated carbocycles. The Morgan fingerprint density at radius 1 is 1.00 bits per heavy atom. The maximum Gasteiger partial charge on any atom is 0.264 e. The molecule has 1 unspecified atom stereocenters. The zero-order chi connectivity index (χ0) is 22.6. The monoisotopic (exact) mass is 449 g/mol. The molecule has 32 heavy (non-hydrogen) atoms. The molecule has 7 heteroatoms. The van der Waals surface area contributed by atoms with E-state index >= 15 is 0 Å². The van der Waals surface area contributed by atoms with Gasteiger partial charge < -0.3 is 5.32 Å². The van der Waals surface area contributed by atoms with E-state index in [1.165, 1.54) is 23.0 Å². The van der Waals surface area contributed by atoms with Gasteiger partial charge in [-0.05, 0) is 55.3 Å². The van der Waals surface area contributed by atoms with Gasteiger partial charge in [-0.25, -0.2) is 8.42 Å². The van der Waals surface area contributed by atoms with Crippen LogP contribution in [0.2, 0.25) is 0 Å². The second kappa shape index (κ2) is 9.54. The molecular formula is C25H27N3O3S. The van der Waals surface area contributed by atoms with E-state index in [1.807, 2.05) is 24.3 Å². The van der Waals surface area contributed by atoms with E-state index < -0.39 is 10.0 Å². The van der Waals surface area contributed by atoms with E-state index in [9.17, 15) is 13.2 Å². The van der Waals surface area contributed by atoms with E-state index in [0.717, 1.165) is 25.9 Å². The highest BCUT2D eigenvalue weighted by Gasteiger charge is 2.31. The van der Waals surface area contributed by atoms with Gasteiger partial charge in [-0.3, -0.25) is 14.0 Å². The van der Waals surface area contributed by atoms with Crippen molar-refractivity contribution in [2.75, 3.05) is 23.2 Å². The van der Waals surface area contributed by atoms with Crippen LogP contribution >= 0.6 is 0 Å². The van der Waals surface area contributed by atoms with Gasteiger partial charge in [-0.2, -0.15) is 0 Å². The number of likely N-dealkylation sites (tertiary alicyclic amines) is 1. The predicted molar refractivity (Wildman–Crippen MR) is 127 cm³/mol. The number of hydrogen-bond acceptors (Lipinski definition) is 4. The number of carbonyl (C=O) groups excluding carboxylic acids is 1. The molecule has 0 aliphatic carbocycles. The Bertz CT molecular complexity index is 1170. The molecule has 0 bridgehead atoms. The van der Waals surface area contributed by atoms with Gasteiger partial charge in [0.25, 0.3) is 10.0 Å². The average Bonchev–Trinajstić information content (AvgIpc) is 3.28. The SMILES string of the molecule is CN(c1ccccc1)S(=O)(=O)c1cccc(NC(=O)C2CCCN2Cc2ccccc2)c1. The fourth-order valence-corrected chi connectivity index (χ4v) is 5.27. The molecule has 1 saturated heterocycles. The molecule has 166 valence electrons. The van der Waals surface area contributed by atoms with Crippen LogP contribution in [0.5, 0.6) is 0 Å². The largest absolute Gasteiger partial charge is 0.325 e. The first-order valence-electron chi connectivity index (χ1n) is 10.7. The molecule has 0 spiro atoms. The van der Waals surface area contributed by atoms with Crippen LogP contribution in [0, 0.1) is 0 Å². The van der Waals surface area contributed by atoms with Gasteiger partial charge in [0.15, 0.2) is 0 Å². The normalized spacial score (nSPS) is 16.6. The lowest BCUT2D eigenvalue weighted by Crippen LogP contribution is -2.39. The molecule has 1 N–H and O–H groups in total. The number of carbonyl (C=O) groups is 1. The lowest BCUT2D eigenvalue weighted by atomic mass is 10.1. The topological polar surface area (TPSA) is 69.7 Å². The second-order valence-corrected chi connectivity index (χ2v) is 9.91. The van der Waals surface area contributed by atoms with Crippen molar-refractivity contribution < 1.29 is 13.2 Å². The van der Waals surface area contributed by atoms with Crippen LogP contribution in [0.25, 0.3) is 0 Å². The average molecular weight is 450 g/mol. The van der Waals surface area contributed by atoms with Crippen LogP contribution < -0.4 is 9.62 Å². The lowest BCUT2D eigenvalue weighted by Gasteiger charge is -2.24. The van der Waals surface area contributed by atoms with Crippen LogP contribution in [-0.4, -0.2) is 38.9 Å². The minimum atomic E-state index is -3.75. The quantitative estimate of drug-likeness (QED) is 0.589. The van der Waals surface area contributed by atoms with Gasteiger partial charge in [0.2, 0.25) is 5.91 Å². The standard InChI is InChI=1S/C25H27N3O3S/c1-27(22-13-6-3-7-14-22)32(30,31)23-15-8-12-21(18-23)26-25(29)24-16-9-17-28(24)19-20-10-4-2-5-11-20/h2-8,10-15,18,24H,9,16-17,19H2,1H3,(H,26,29). The summed E-state index contributed by atoms with van der Waals surface area (Å²) in [6, 6.07) is 25.2. The van der Waals surface area contributed by atoms with E-state index in [-0.39, 0.29) is 16.8 Å². The molecule has 0 aromatic heterocycles. The Hall–Kier alpha value is -3.16. The fourth-order valence-electron chi connectivity index (χ4n) is 4.02. The number of rotatable bonds is 7. The van der Waals surface area contributed by atoms with Gasteiger partial charge in [-0.15, -0.1) is 0 Å². The van der Waals surface area contributed by atoms with Crippen molar-refractivity contribution in [3.05, 3.63) is 90.5 Å². The third kappa shape index (κ3) is 4.84. The molecular weight excluding hydrogens is 422 g/mol. The summed E-state index contributed by atoms with van der Waals surface area (Å²) in [6.07, 6.45) is 1.74. The van der Waals surface area contributed by atoms with Crippen molar-refractivity contribution in [2.24, 2.45) is 0 Å². The summed E-state index contributed by atoms with van der Waals surface area (Å²) in [5.74, 6) is -0.107. The molecule has 3 aromatic carbocycles. The van der Waals surface area contributed by atoms with E-state index in [0.29, 0.717) is 11.4 Å². The number of nitrogens with zero attached hydrogens (tertiary/aromatic N) is 2. The Kier molecular flexibility index (Phi) is 6.58. The minimum absolute atomic E-state index is 0.107.